The maximum absolute atomic E-state index is 13.7. The van der Waals surface area contributed by atoms with E-state index in [0.29, 0.717) is 0 Å². The molecule has 4 heteroatoms. The van der Waals surface area contributed by atoms with Crippen molar-refractivity contribution in [3.8, 4) is 0 Å². The van der Waals surface area contributed by atoms with Crippen LogP contribution in [0.15, 0.2) is 12.2 Å². The van der Waals surface area contributed by atoms with Crippen LogP contribution in [0.3, 0.4) is 0 Å². The lowest BCUT2D eigenvalue weighted by molar-refractivity contribution is -0.128. The largest absolute Gasteiger partial charge is 0.339 e. The number of unbranched alkanes of at least 4 members (excludes halogenated alkanes) is 28. The van der Waals surface area contributed by atoms with Gasteiger partial charge in [0.1, 0.15) is 0 Å². The molecule has 0 aliphatic carbocycles. The standard InChI is InChI=1S/C56H110N2O2/c1-51(2)41-33-25-17-9-13-21-29-37-47-57(48-38-30-22-14-10-18-26-34-42-52(3)4)55(59)45-46-56(60)58(49-39-31-23-15-11-19-27-35-43-53(5)6)50-40-32-24-16-12-20-28-36-44-54(7)8/h45-46,51-54H,9-44,47-50H2,1-8H3. The number of hydrogen-bond acceptors (Lipinski definition) is 2. The fourth-order valence-corrected chi connectivity index (χ4v) is 8.68. The van der Waals surface area contributed by atoms with E-state index in [1.54, 1.807) is 12.2 Å². The molecule has 0 spiro atoms. The number of carbonyl (C=O) groups is 2. The van der Waals surface area contributed by atoms with Crippen LogP contribution in [-0.2, 0) is 9.59 Å². The van der Waals surface area contributed by atoms with Crippen LogP contribution in [-0.4, -0.2) is 47.8 Å². The van der Waals surface area contributed by atoms with E-state index in [2.05, 4.69) is 65.2 Å². The summed E-state index contributed by atoms with van der Waals surface area (Å²) >= 11 is 0. The van der Waals surface area contributed by atoms with Gasteiger partial charge >= 0.3 is 0 Å². The first kappa shape index (κ1) is 58.7. The SMILES string of the molecule is CC(C)CCCCCCCCCCN(CCCCCCCCCCC(C)C)C(=O)C=CC(=O)N(CCCCCCCCCCC(C)C)CCCCCCCCCCC(C)C. The lowest BCUT2D eigenvalue weighted by Gasteiger charge is -2.23. The Labute approximate surface area is 378 Å². The predicted molar refractivity (Wildman–Crippen MR) is 268 cm³/mol. The summed E-state index contributed by atoms with van der Waals surface area (Å²) in [6.07, 6.45) is 49.9. The number of rotatable bonds is 46. The highest BCUT2D eigenvalue weighted by Crippen LogP contribution is 2.17. The van der Waals surface area contributed by atoms with Gasteiger partial charge in [-0.15, -0.1) is 0 Å². The molecular weight excluding hydrogens is 733 g/mol. The van der Waals surface area contributed by atoms with Crippen molar-refractivity contribution in [2.45, 2.75) is 287 Å². The van der Waals surface area contributed by atoms with Crippen LogP contribution >= 0.6 is 0 Å². The molecule has 356 valence electrons. The molecule has 0 bridgehead atoms. The van der Waals surface area contributed by atoms with E-state index in [0.717, 1.165) is 75.5 Å². The van der Waals surface area contributed by atoms with Gasteiger partial charge < -0.3 is 9.80 Å². The molecule has 0 aromatic carbocycles. The molecule has 0 aromatic heterocycles. The van der Waals surface area contributed by atoms with Crippen molar-refractivity contribution in [3.05, 3.63) is 12.2 Å². The smallest absolute Gasteiger partial charge is 0.246 e. The molecule has 0 fully saturated rings. The van der Waals surface area contributed by atoms with Crippen molar-refractivity contribution < 1.29 is 9.59 Å². The van der Waals surface area contributed by atoms with Crippen LogP contribution in [0.5, 0.6) is 0 Å². The van der Waals surface area contributed by atoms with Crippen molar-refractivity contribution in [2.24, 2.45) is 23.7 Å². The Hall–Kier alpha value is -1.32. The van der Waals surface area contributed by atoms with Gasteiger partial charge in [0.2, 0.25) is 11.8 Å². The maximum atomic E-state index is 13.7. The van der Waals surface area contributed by atoms with E-state index >= 15 is 0 Å². The zero-order valence-electron chi connectivity index (χ0n) is 42.5. The summed E-state index contributed by atoms with van der Waals surface area (Å²) in [4.78, 5) is 31.5. The van der Waals surface area contributed by atoms with Gasteiger partial charge in [0, 0.05) is 38.3 Å². The molecule has 0 aromatic rings. The summed E-state index contributed by atoms with van der Waals surface area (Å²) in [7, 11) is 0. The minimum Gasteiger partial charge on any atom is -0.339 e. The molecule has 0 saturated carbocycles. The van der Waals surface area contributed by atoms with Crippen molar-refractivity contribution in [2.75, 3.05) is 26.2 Å². The van der Waals surface area contributed by atoms with E-state index < -0.39 is 0 Å². The molecule has 0 heterocycles. The molecule has 0 unspecified atom stereocenters. The van der Waals surface area contributed by atoms with E-state index in [1.807, 2.05) is 0 Å². The van der Waals surface area contributed by atoms with Crippen molar-refractivity contribution in [1.82, 2.24) is 9.80 Å². The quantitative estimate of drug-likeness (QED) is 0.0452. The van der Waals surface area contributed by atoms with E-state index in [1.165, 1.54) is 205 Å². The minimum absolute atomic E-state index is 0.0420. The Morgan fingerprint density at radius 2 is 0.417 bits per heavy atom. The predicted octanol–water partition coefficient (Wildman–Crippen LogP) is 17.9. The monoisotopic (exact) mass is 843 g/mol. The van der Waals surface area contributed by atoms with Crippen molar-refractivity contribution in [1.29, 1.82) is 0 Å². The number of nitrogens with zero attached hydrogens (tertiary/aromatic N) is 2. The molecule has 2 amide bonds. The first-order valence-corrected chi connectivity index (χ1v) is 27.3. The maximum Gasteiger partial charge on any atom is 0.246 e. The zero-order chi connectivity index (χ0) is 44.3. The second-order valence-electron chi connectivity index (χ2n) is 21.0. The summed E-state index contributed by atoms with van der Waals surface area (Å²) in [6.45, 7) is 21.9. The van der Waals surface area contributed by atoms with Crippen LogP contribution in [0.1, 0.15) is 287 Å². The fourth-order valence-electron chi connectivity index (χ4n) is 8.68. The third kappa shape index (κ3) is 43.3. The molecule has 0 saturated heterocycles. The van der Waals surface area contributed by atoms with Gasteiger partial charge in [0.15, 0.2) is 0 Å². The fraction of sp³-hybridized carbons (Fsp3) is 0.929. The number of amides is 2. The van der Waals surface area contributed by atoms with Gasteiger partial charge in [-0.1, -0.05) is 261 Å². The molecule has 0 aliphatic rings. The van der Waals surface area contributed by atoms with Gasteiger partial charge in [0.05, 0.1) is 0 Å². The summed E-state index contributed by atoms with van der Waals surface area (Å²) in [5, 5.41) is 0. The second kappa shape index (κ2) is 44.3. The lowest BCUT2D eigenvalue weighted by atomic mass is 10.0. The summed E-state index contributed by atoms with van der Waals surface area (Å²) < 4.78 is 0. The summed E-state index contributed by atoms with van der Waals surface area (Å²) in [5.41, 5.74) is 0. The average Bonchev–Trinajstić information content (AvgIpc) is 3.20. The van der Waals surface area contributed by atoms with Crippen LogP contribution < -0.4 is 0 Å². The second-order valence-corrected chi connectivity index (χ2v) is 21.0. The highest BCUT2D eigenvalue weighted by atomic mass is 16.2. The number of carbonyl (C=O) groups excluding carboxylic acids is 2. The molecule has 4 nitrogen and oxygen atoms in total. The summed E-state index contributed by atoms with van der Waals surface area (Å²) in [6, 6.07) is 0. The van der Waals surface area contributed by atoms with Gasteiger partial charge in [0.25, 0.3) is 0 Å². The summed E-state index contributed by atoms with van der Waals surface area (Å²) in [5.74, 6) is 3.38. The van der Waals surface area contributed by atoms with Crippen LogP contribution in [0.2, 0.25) is 0 Å². The topological polar surface area (TPSA) is 40.6 Å². The highest BCUT2D eigenvalue weighted by Gasteiger charge is 2.14. The Bertz CT molecular complexity index is 810. The van der Waals surface area contributed by atoms with E-state index in [9.17, 15) is 9.59 Å². The van der Waals surface area contributed by atoms with Crippen LogP contribution in [0, 0.1) is 23.7 Å². The van der Waals surface area contributed by atoms with Gasteiger partial charge in [-0.3, -0.25) is 9.59 Å². The van der Waals surface area contributed by atoms with Gasteiger partial charge in [-0.25, -0.2) is 0 Å². The van der Waals surface area contributed by atoms with E-state index in [4.69, 9.17) is 0 Å². The van der Waals surface area contributed by atoms with Crippen LogP contribution in [0.4, 0.5) is 0 Å². The lowest BCUT2D eigenvalue weighted by Crippen LogP contribution is -2.34. The Morgan fingerprint density at radius 3 is 0.583 bits per heavy atom. The Morgan fingerprint density at radius 1 is 0.267 bits per heavy atom. The Kier molecular flexibility index (Phi) is 43.3. The first-order chi connectivity index (χ1) is 29.0. The third-order valence-corrected chi connectivity index (χ3v) is 12.8. The average molecular weight is 844 g/mol. The van der Waals surface area contributed by atoms with E-state index in [-0.39, 0.29) is 11.8 Å². The minimum atomic E-state index is 0.0420. The normalized spacial score (nSPS) is 12.0. The molecule has 0 rings (SSSR count). The molecular formula is C56H110N2O2. The van der Waals surface area contributed by atoms with Gasteiger partial charge in [-0.2, -0.15) is 0 Å². The molecule has 60 heavy (non-hydrogen) atoms. The van der Waals surface area contributed by atoms with Crippen molar-refractivity contribution >= 4 is 11.8 Å². The molecule has 0 radical (unpaired) electrons. The first-order valence-electron chi connectivity index (χ1n) is 27.3. The van der Waals surface area contributed by atoms with Crippen molar-refractivity contribution in [3.63, 3.8) is 0 Å². The van der Waals surface area contributed by atoms with Gasteiger partial charge in [-0.05, 0) is 49.4 Å². The molecule has 0 N–H and O–H groups in total. The highest BCUT2D eigenvalue weighted by molar-refractivity contribution is 5.96. The molecule has 0 atom stereocenters. The van der Waals surface area contributed by atoms with Crippen LogP contribution in [0.25, 0.3) is 0 Å². The third-order valence-electron chi connectivity index (χ3n) is 12.8. The number of hydrogen-bond donors (Lipinski definition) is 0. The Balaban J connectivity index is 5.06. The zero-order valence-corrected chi connectivity index (χ0v) is 42.5. The molecule has 0 aliphatic heterocycles.